The van der Waals surface area contributed by atoms with E-state index in [0.29, 0.717) is 25.8 Å². The monoisotopic (exact) mass is 398 g/mol. The van der Waals surface area contributed by atoms with Crippen molar-refractivity contribution in [2.45, 2.75) is 43.0 Å². The summed E-state index contributed by atoms with van der Waals surface area (Å²) in [6.45, 7) is 2.25. The molecule has 1 aliphatic heterocycles. The van der Waals surface area contributed by atoms with Crippen molar-refractivity contribution in [3.05, 3.63) is 65.7 Å². The van der Waals surface area contributed by atoms with Gasteiger partial charge in [-0.15, -0.1) is 0 Å². The SMILES string of the molecule is Cc1ccc(S(=O)(=O)N2CC[C@H](c3ccccc3)[C@@H](CCCO)[C@H]2C#N)cc1. The van der Waals surface area contributed by atoms with Crippen LogP contribution in [0.3, 0.4) is 0 Å². The van der Waals surface area contributed by atoms with E-state index >= 15 is 0 Å². The number of benzene rings is 2. The molecule has 3 rings (SSSR count). The first-order valence-electron chi connectivity index (χ1n) is 9.63. The Labute approximate surface area is 167 Å². The minimum atomic E-state index is -3.76. The van der Waals surface area contributed by atoms with Crippen molar-refractivity contribution in [1.82, 2.24) is 4.31 Å². The summed E-state index contributed by atoms with van der Waals surface area (Å²) in [7, 11) is -3.76. The summed E-state index contributed by atoms with van der Waals surface area (Å²) in [5, 5.41) is 19.3. The lowest BCUT2D eigenvalue weighted by Gasteiger charge is -2.42. The van der Waals surface area contributed by atoms with E-state index in [-0.39, 0.29) is 23.3 Å². The van der Waals surface area contributed by atoms with E-state index in [9.17, 15) is 18.8 Å². The molecule has 0 bridgehead atoms. The van der Waals surface area contributed by atoms with E-state index < -0.39 is 16.1 Å². The molecule has 5 nitrogen and oxygen atoms in total. The summed E-state index contributed by atoms with van der Waals surface area (Å²) in [5.41, 5.74) is 2.11. The Hall–Kier alpha value is -2.20. The third-order valence-corrected chi connectivity index (χ3v) is 7.47. The molecule has 28 heavy (non-hydrogen) atoms. The van der Waals surface area contributed by atoms with Gasteiger partial charge in [0.05, 0.1) is 11.0 Å². The molecule has 1 fully saturated rings. The lowest BCUT2D eigenvalue weighted by Crippen LogP contribution is -2.50. The molecule has 2 aromatic rings. The lowest BCUT2D eigenvalue weighted by molar-refractivity contribution is 0.165. The zero-order chi connectivity index (χ0) is 20.1. The predicted octanol–water partition coefficient (Wildman–Crippen LogP) is 3.45. The molecule has 0 spiro atoms. The van der Waals surface area contributed by atoms with Crippen molar-refractivity contribution in [1.29, 1.82) is 5.26 Å². The molecular formula is C22H26N2O3S. The summed E-state index contributed by atoms with van der Waals surface area (Å²) < 4.78 is 27.9. The molecule has 2 aromatic carbocycles. The highest BCUT2D eigenvalue weighted by Gasteiger charge is 2.43. The van der Waals surface area contributed by atoms with Gasteiger partial charge >= 0.3 is 0 Å². The summed E-state index contributed by atoms with van der Waals surface area (Å²) in [5.74, 6) is -0.0598. The zero-order valence-electron chi connectivity index (χ0n) is 16.0. The maximum atomic E-state index is 13.3. The fourth-order valence-electron chi connectivity index (χ4n) is 4.13. The van der Waals surface area contributed by atoms with Crippen LogP contribution >= 0.6 is 0 Å². The fraction of sp³-hybridized carbons (Fsp3) is 0.409. The minimum Gasteiger partial charge on any atom is -0.396 e. The minimum absolute atomic E-state index is 0.0286. The number of nitrogens with zero attached hydrogens (tertiary/aromatic N) is 2. The van der Waals surface area contributed by atoms with Crippen LogP contribution in [0.15, 0.2) is 59.5 Å². The third-order valence-electron chi connectivity index (χ3n) is 5.58. The number of piperidine rings is 1. The van der Waals surface area contributed by atoms with E-state index in [1.54, 1.807) is 24.3 Å². The van der Waals surface area contributed by atoms with Gasteiger partial charge < -0.3 is 5.11 Å². The molecule has 0 amide bonds. The first-order chi connectivity index (χ1) is 13.5. The number of aryl methyl sites for hydroxylation is 1. The zero-order valence-corrected chi connectivity index (χ0v) is 16.8. The molecule has 1 N–H and O–H groups in total. The van der Waals surface area contributed by atoms with Crippen LogP contribution in [0.25, 0.3) is 0 Å². The molecule has 3 atom stereocenters. The van der Waals surface area contributed by atoms with E-state index in [4.69, 9.17) is 0 Å². The number of rotatable bonds is 6. The van der Waals surface area contributed by atoms with Crippen LogP contribution in [0.2, 0.25) is 0 Å². The second-order valence-corrected chi connectivity index (χ2v) is 9.23. The van der Waals surface area contributed by atoms with Gasteiger partial charge in [0.1, 0.15) is 6.04 Å². The molecule has 0 saturated carbocycles. The molecule has 1 saturated heterocycles. The van der Waals surface area contributed by atoms with Crippen molar-refractivity contribution < 1.29 is 13.5 Å². The van der Waals surface area contributed by atoms with Gasteiger partial charge in [-0.1, -0.05) is 48.0 Å². The van der Waals surface area contributed by atoms with Crippen molar-refractivity contribution in [2.75, 3.05) is 13.2 Å². The summed E-state index contributed by atoms with van der Waals surface area (Å²) in [6, 6.07) is 18.2. The largest absolute Gasteiger partial charge is 0.396 e. The topological polar surface area (TPSA) is 81.4 Å². The molecule has 6 heteroatoms. The number of nitriles is 1. The Morgan fingerprint density at radius 3 is 2.43 bits per heavy atom. The number of sulfonamides is 1. The number of hydrogen-bond acceptors (Lipinski definition) is 4. The second-order valence-electron chi connectivity index (χ2n) is 7.34. The van der Waals surface area contributed by atoms with Crippen LogP contribution in [0, 0.1) is 24.2 Å². The second kappa shape index (κ2) is 8.87. The number of aliphatic hydroxyl groups excluding tert-OH is 1. The maximum absolute atomic E-state index is 13.3. The first kappa shape index (κ1) is 20.5. The van der Waals surface area contributed by atoms with Crippen LogP contribution in [0.4, 0.5) is 0 Å². The van der Waals surface area contributed by atoms with Crippen LogP contribution in [-0.4, -0.2) is 37.0 Å². The Balaban J connectivity index is 1.96. The molecule has 148 valence electrons. The van der Waals surface area contributed by atoms with Gasteiger partial charge in [-0.25, -0.2) is 8.42 Å². The van der Waals surface area contributed by atoms with Gasteiger partial charge in [-0.3, -0.25) is 0 Å². The van der Waals surface area contributed by atoms with E-state index in [1.165, 1.54) is 4.31 Å². The first-order valence-corrected chi connectivity index (χ1v) is 11.1. The Kier molecular flexibility index (Phi) is 6.50. The van der Waals surface area contributed by atoms with Crippen molar-refractivity contribution in [3.63, 3.8) is 0 Å². The highest BCUT2D eigenvalue weighted by atomic mass is 32.2. The fourth-order valence-corrected chi connectivity index (χ4v) is 5.73. The van der Waals surface area contributed by atoms with E-state index in [2.05, 4.69) is 6.07 Å². The standard InChI is InChI=1S/C22H26N2O3S/c1-17-9-11-19(12-10-17)28(26,27)24-14-13-20(18-6-3-2-4-7-18)21(8-5-15-25)22(24)16-23/h2-4,6-7,9-12,20-22,25H,5,8,13-15H2,1H3/t20-,21-,22-/m1/s1. The number of aliphatic hydroxyl groups is 1. The molecule has 1 heterocycles. The molecule has 0 unspecified atom stereocenters. The quantitative estimate of drug-likeness (QED) is 0.808. The van der Waals surface area contributed by atoms with Crippen LogP contribution in [0.5, 0.6) is 0 Å². The van der Waals surface area contributed by atoms with Crippen LogP contribution < -0.4 is 0 Å². The average Bonchev–Trinajstić information content (AvgIpc) is 2.72. The van der Waals surface area contributed by atoms with Gasteiger partial charge in [-0.05, 0) is 55.7 Å². The molecule has 1 aliphatic rings. The molecular weight excluding hydrogens is 372 g/mol. The maximum Gasteiger partial charge on any atom is 0.244 e. The van der Waals surface area contributed by atoms with Crippen molar-refractivity contribution in [2.24, 2.45) is 5.92 Å². The summed E-state index contributed by atoms with van der Waals surface area (Å²) in [4.78, 5) is 0.220. The normalized spacial score (nSPS) is 23.2. The highest BCUT2D eigenvalue weighted by Crippen LogP contribution is 2.41. The highest BCUT2D eigenvalue weighted by molar-refractivity contribution is 7.89. The van der Waals surface area contributed by atoms with E-state index in [0.717, 1.165) is 11.1 Å². The van der Waals surface area contributed by atoms with Gasteiger partial charge in [0, 0.05) is 13.2 Å². The molecule has 0 radical (unpaired) electrons. The van der Waals surface area contributed by atoms with Crippen LogP contribution in [0.1, 0.15) is 36.3 Å². The summed E-state index contributed by atoms with van der Waals surface area (Å²) >= 11 is 0. The Bertz CT molecular complexity index is 921. The smallest absolute Gasteiger partial charge is 0.244 e. The van der Waals surface area contributed by atoms with Gasteiger partial charge in [0.25, 0.3) is 0 Å². The third kappa shape index (κ3) is 4.12. The van der Waals surface area contributed by atoms with Crippen molar-refractivity contribution >= 4 is 10.0 Å². The molecule has 0 aliphatic carbocycles. The Morgan fingerprint density at radius 2 is 1.82 bits per heavy atom. The van der Waals surface area contributed by atoms with Gasteiger partial charge in [-0.2, -0.15) is 9.57 Å². The Morgan fingerprint density at radius 1 is 1.14 bits per heavy atom. The lowest BCUT2D eigenvalue weighted by atomic mass is 9.75. The molecule has 0 aromatic heterocycles. The van der Waals surface area contributed by atoms with E-state index in [1.807, 2.05) is 37.3 Å². The predicted molar refractivity (Wildman–Crippen MR) is 108 cm³/mol. The average molecular weight is 399 g/mol. The summed E-state index contributed by atoms with van der Waals surface area (Å²) in [6.07, 6.45) is 1.81. The van der Waals surface area contributed by atoms with Crippen molar-refractivity contribution in [3.8, 4) is 6.07 Å². The number of hydrogen-bond donors (Lipinski definition) is 1. The van der Waals surface area contributed by atoms with Gasteiger partial charge in [0.2, 0.25) is 10.0 Å². The van der Waals surface area contributed by atoms with Crippen LogP contribution in [-0.2, 0) is 10.0 Å². The van der Waals surface area contributed by atoms with Gasteiger partial charge in [0.15, 0.2) is 0 Å².